The number of halogens is 2. The number of nitrogen functional groups attached to an aromatic ring is 1. The SMILES string of the molecule is Nc1ccccc1Nc1ccc(NCCC(F)F)nc1. The Balaban J connectivity index is 1.93. The Bertz CT molecular complexity index is 543. The van der Waals surface area contributed by atoms with Crippen molar-refractivity contribution < 1.29 is 8.78 Å². The van der Waals surface area contributed by atoms with Gasteiger partial charge in [0.2, 0.25) is 6.43 Å². The summed E-state index contributed by atoms with van der Waals surface area (Å²) in [6.45, 7) is 0.197. The molecule has 0 aliphatic carbocycles. The van der Waals surface area contributed by atoms with Crippen LogP contribution in [0.4, 0.5) is 31.7 Å². The molecule has 0 spiro atoms. The topological polar surface area (TPSA) is 63.0 Å². The fourth-order valence-electron chi connectivity index (χ4n) is 1.65. The lowest BCUT2D eigenvalue weighted by Crippen LogP contribution is -2.07. The number of pyridine rings is 1. The molecule has 1 aromatic heterocycles. The van der Waals surface area contributed by atoms with Gasteiger partial charge in [0, 0.05) is 13.0 Å². The second-order valence-corrected chi connectivity index (χ2v) is 4.25. The molecule has 1 heterocycles. The van der Waals surface area contributed by atoms with Crippen LogP contribution in [0.25, 0.3) is 0 Å². The van der Waals surface area contributed by atoms with Crippen LogP contribution in [0.3, 0.4) is 0 Å². The van der Waals surface area contributed by atoms with Gasteiger partial charge in [-0.2, -0.15) is 0 Å². The van der Waals surface area contributed by atoms with Crippen LogP contribution in [0.1, 0.15) is 6.42 Å². The van der Waals surface area contributed by atoms with Crippen molar-refractivity contribution in [2.24, 2.45) is 0 Å². The largest absolute Gasteiger partial charge is 0.397 e. The summed E-state index contributed by atoms with van der Waals surface area (Å²) in [6.07, 6.45) is -0.871. The maximum Gasteiger partial charge on any atom is 0.240 e. The number of alkyl halides is 2. The van der Waals surface area contributed by atoms with Crippen LogP contribution < -0.4 is 16.4 Å². The van der Waals surface area contributed by atoms with Crippen LogP contribution in [-0.2, 0) is 0 Å². The molecule has 0 saturated carbocycles. The molecule has 0 amide bonds. The van der Waals surface area contributed by atoms with Gasteiger partial charge in [-0.05, 0) is 24.3 Å². The van der Waals surface area contributed by atoms with Gasteiger partial charge in [-0.25, -0.2) is 13.8 Å². The first-order valence-corrected chi connectivity index (χ1v) is 6.25. The number of nitrogens with one attached hydrogen (secondary N) is 2. The second-order valence-electron chi connectivity index (χ2n) is 4.25. The van der Waals surface area contributed by atoms with Crippen LogP contribution in [-0.4, -0.2) is 18.0 Å². The Morgan fingerprint density at radius 3 is 2.60 bits per heavy atom. The van der Waals surface area contributed by atoms with Gasteiger partial charge in [0.15, 0.2) is 0 Å². The summed E-state index contributed by atoms with van der Waals surface area (Å²) in [5.74, 6) is 0.567. The number of nitrogens with two attached hydrogens (primary N) is 1. The third-order valence-corrected chi connectivity index (χ3v) is 2.67. The number of anilines is 4. The second kappa shape index (κ2) is 6.70. The predicted molar refractivity (Wildman–Crippen MR) is 77.5 cm³/mol. The van der Waals surface area contributed by atoms with Gasteiger partial charge in [0.25, 0.3) is 0 Å². The molecule has 0 atom stereocenters. The highest BCUT2D eigenvalue weighted by Crippen LogP contribution is 2.22. The Morgan fingerprint density at radius 2 is 1.95 bits per heavy atom. The molecule has 0 unspecified atom stereocenters. The molecule has 1 aromatic carbocycles. The monoisotopic (exact) mass is 278 g/mol. The minimum Gasteiger partial charge on any atom is -0.397 e. The van der Waals surface area contributed by atoms with E-state index in [0.29, 0.717) is 11.5 Å². The van der Waals surface area contributed by atoms with Crippen LogP contribution >= 0.6 is 0 Å². The summed E-state index contributed by atoms with van der Waals surface area (Å²) in [4.78, 5) is 4.14. The van der Waals surface area contributed by atoms with Crippen molar-refractivity contribution in [1.29, 1.82) is 0 Å². The molecule has 2 rings (SSSR count). The Labute approximate surface area is 116 Å². The van der Waals surface area contributed by atoms with Gasteiger partial charge < -0.3 is 16.4 Å². The molecular weight excluding hydrogens is 262 g/mol. The molecule has 0 bridgehead atoms. The van der Waals surface area contributed by atoms with Gasteiger partial charge in [0.05, 0.1) is 23.3 Å². The molecule has 0 fully saturated rings. The summed E-state index contributed by atoms with van der Waals surface area (Å²) in [5.41, 5.74) is 8.05. The van der Waals surface area contributed by atoms with E-state index in [0.717, 1.165) is 11.4 Å². The number of benzene rings is 1. The lowest BCUT2D eigenvalue weighted by atomic mass is 10.2. The maximum absolute atomic E-state index is 12.0. The van der Waals surface area contributed by atoms with E-state index in [1.807, 2.05) is 24.3 Å². The molecular formula is C14H16F2N4. The highest BCUT2D eigenvalue weighted by Gasteiger charge is 2.02. The quantitative estimate of drug-likeness (QED) is 0.708. The first-order valence-electron chi connectivity index (χ1n) is 6.25. The summed E-state index contributed by atoms with van der Waals surface area (Å²) in [7, 11) is 0. The zero-order valence-corrected chi connectivity index (χ0v) is 10.8. The zero-order chi connectivity index (χ0) is 14.4. The Kier molecular flexibility index (Phi) is 4.70. The molecule has 0 saturated heterocycles. The molecule has 106 valence electrons. The van der Waals surface area contributed by atoms with E-state index in [9.17, 15) is 8.78 Å². The van der Waals surface area contributed by atoms with Gasteiger partial charge in [0.1, 0.15) is 5.82 Å². The van der Waals surface area contributed by atoms with E-state index in [1.54, 1.807) is 18.3 Å². The van der Waals surface area contributed by atoms with Crippen molar-refractivity contribution in [2.45, 2.75) is 12.8 Å². The molecule has 20 heavy (non-hydrogen) atoms. The van der Waals surface area contributed by atoms with Gasteiger partial charge in [-0.15, -0.1) is 0 Å². The molecule has 0 radical (unpaired) electrons. The minimum atomic E-state index is -2.30. The highest BCUT2D eigenvalue weighted by atomic mass is 19.3. The normalized spacial score (nSPS) is 10.6. The van der Waals surface area contributed by atoms with E-state index in [-0.39, 0.29) is 13.0 Å². The molecule has 6 heteroatoms. The van der Waals surface area contributed by atoms with Crippen LogP contribution in [0, 0.1) is 0 Å². The fourth-order valence-corrected chi connectivity index (χ4v) is 1.65. The summed E-state index contributed by atoms with van der Waals surface area (Å²) in [6, 6.07) is 10.9. The van der Waals surface area contributed by atoms with Crippen molar-refractivity contribution in [3.8, 4) is 0 Å². The standard InChI is InChI=1S/C14H16F2N4/c15-13(16)7-8-18-14-6-5-10(9-19-14)20-12-4-2-1-3-11(12)17/h1-6,9,13,20H,7-8,17H2,(H,18,19). The summed E-state index contributed by atoms with van der Waals surface area (Å²) < 4.78 is 24.0. The number of aromatic nitrogens is 1. The third-order valence-electron chi connectivity index (χ3n) is 2.67. The van der Waals surface area contributed by atoms with E-state index in [2.05, 4.69) is 15.6 Å². The average Bonchev–Trinajstić information content (AvgIpc) is 2.43. The van der Waals surface area contributed by atoms with E-state index in [1.165, 1.54) is 0 Å². The number of hydrogen-bond donors (Lipinski definition) is 3. The van der Waals surface area contributed by atoms with Crippen LogP contribution in [0.2, 0.25) is 0 Å². The number of para-hydroxylation sites is 2. The number of nitrogens with zero attached hydrogens (tertiary/aromatic N) is 1. The van der Waals surface area contributed by atoms with Crippen LogP contribution in [0.5, 0.6) is 0 Å². The summed E-state index contributed by atoms with van der Waals surface area (Å²) in [5, 5.41) is 5.97. The van der Waals surface area contributed by atoms with Gasteiger partial charge in [-0.3, -0.25) is 0 Å². The molecule has 0 aliphatic rings. The lowest BCUT2D eigenvalue weighted by molar-refractivity contribution is 0.142. The number of rotatable bonds is 6. The first kappa shape index (κ1) is 14.0. The van der Waals surface area contributed by atoms with Crippen molar-refractivity contribution in [3.05, 3.63) is 42.6 Å². The zero-order valence-electron chi connectivity index (χ0n) is 10.8. The molecule has 4 nitrogen and oxygen atoms in total. The van der Waals surface area contributed by atoms with Gasteiger partial charge >= 0.3 is 0 Å². The lowest BCUT2D eigenvalue weighted by Gasteiger charge is -2.10. The summed E-state index contributed by atoms with van der Waals surface area (Å²) >= 11 is 0. The van der Waals surface area contributed by atoms with Gasteiger partial charge in [-0.1, -0.05) is 12.1 Å². The highest BCUT2D eigenvalue weighted by molar-refractivity contribution is 5.72. The van der Waals surface area contributed by atoms with Crippen molar-refractivity contribution in [1.82, 2.24) is 4.98 Å². The van der Waals surface area contributed by atoms with Crippen LogP contribution in [0.15, 0.2) is 42.6 Å². The molecule has 0 aliphatic heterocycles. The van der Waals surface area contributed by atoms with E-state index < -0.39 is 6.43 Å². The average molecular weight is 278 g/mol. The van der Waals surface area contributed by atoms with Crippen molar-refractivity contribution in [2.75, 3.05) is 22.9 Å². The predicted octanol–water partition coefficient (Wildman–Crippen LogP) is 3.47. The smallest absolute Gasteiger partial charge is 0.240 e. The van der Waals surface area contributed by atoms with E-state index >= 15 is 0 Å². The fraction of sp³-hybridized carbons (Fsp3) is 0.214. The van der Waals surface area contributed by atoms with Crippen molar-refractivity contribution >= 4 is 22.9 Å². The first-order chi connectivity index (χ1) is 9.65. The Morgan fingerprint density at radius 1 is 1.15 bits per heavy atom. The van der Waals surface area contributed by atoms with E-state index in [4.69, 9.17) is 5.73 Å². The number of hydrogen-bond acceptors (Lipinski definition) is 4. The minimum absolute atomic E-state index is 0.192. The molecule has 2 aromatic rings. The maximum atomic E-state index is 12.0. The molecule has 4 N–H and O–H groups in total. The third kappa shape index (κ3) is 4.08. The van der Waals surface area contributed by atoms with Crippen molar-refractivity contribution in [3.63, 3.8) is 0 Å². The Hall–Kier alpha value is -2.37.